The van der Waals surface area contributed by atoms with Crippen LogP contribution in [0.3, 0.4) is 0 Å². The van der Waals surface area contributed by atoms with Gasteiger partial charge < -0.3 is 10.2 Å². The molecule has 2 heterocycles. The maximum Gasteiger partial charge on any atom is 0.263 e. The molecule has 0 fully saturated rings. The van der Waals surface area contributed by atoms with E-state index in [9.17, 15) is 4.79 Å². The fourth-order valence-electron chi connectivity index (χ4n) is 3.40. The molecule has 0 saturated carbocycles. The average Bonchev–Trinajstić information content (AvgIpc) is 3.14. The number of hydrogen-bond acceptors (Lipinski definition) is 5. The number of nitrogens with zero attached hydrogens (tertiary/aromatic N) is 2. The molecule has 3 rings (SSSR count). The van der Waals surface area contributed by atoms with Crippen LogP contribution >= 0.6 is 11.3 Å². The van der Waals surface area contributed by atoms with Crippen LogP contribution < -0.4 is 5.32 Å². The molecule has 2 unspecified atom stereocenters. The fraction of sp³-hybridized carbons (Fsp3) is 0.450. The largest absolute Gasteiger partial charge is 0.391 e. The van der Waals surface area contributed by atoms with Crippen molar-refractivity contribution in [3.05, 3.63) is 51.0 Å². The highest BCUT2D eigenvalue weighted by atomic mass is 32.1. The number of rotatable bonds is 6. The predicted octanol–water partition coefficient (Wildman–Crippen LogP) is 3.82. The number of aryl methyl sites for hydroxylation is 3. The van der Waals surface area contributed by atoms with Crippen LogP contribution in [-0.2, 0) is 11.3 Å². The Hall–Kier alpha value is -2.21. The van der Waals surface area contributed by atoms with E-state index >= 15 is 0 Å². The van der Waals surface area contributed by atoms with E-state index in [0.29, 0.717) is 11.4 Å². The van der Waals surface area contributed by atoms with E-state index in [2.05, 4.69) is 53.6 Å². The Labute approximate surface area is 158 Å². The number of oxime groups is 1. The topological polar surface area (TPSA) is 63.6 Å². The highest BCUT2D eigenvalue weighted by Gasteiger charge is 2.33. The Balaban J connectivity index is 1.60. The first kappa shape index (κ1) is 18.6. The van der Waals surface area contributed by atoms with Gasteiger partial charge in [-0.15, -0.1) is 11.3 Å². The molecule has 26 heavy (non-hydrogen) atoms. The van der Waals surface area contributed by atoms with Gasteiger partial charge in [-0.25, -0.2) is 4.98 Å². The van der Waals surface area contributed by atoms with E-state index in [-0.39, 0.29) is 17.9 Å². The van der Waals surface area contributed by atoms with Crippen molar-refractivity contribution in [3.63, 3.8) is 0 Å². The molecule has 0 bridgehead atoms. The monoisotopic (exact) mass is 371 g/mol. The zero-order chi connectivity index (χ0) is 18.7. The summed E-state index contributed by atoms with van der Waals surface area (Å²) in [5, 5.41) is 8.15. The summed E-state index contributed by atoms with van der Waals surface area (Å²) in [6.07, 6.45) is 1.79. The van der Waals surface area contributed by atoms with Crippen LogP contribution in [-0.4, -0.2) is 29.3 Å². The van der Waals surface area contributed by atoms with Crippen molar-refractivity contribution < 1.29 is 9.63 Å². The first-order valence-corrected chi connectivity index (χ1v) is 9.80. The van der Waals surface area contributed by atoms with Gasteiger partial charge in [-0.05, 0) is 32.8 Å². The predicted molar refractivity (Wildman–Crippen MR) is 105 cm³/mol. The minimum atomic E-state index is -0.0900. The minimum absolute atomic E-state index is 0.0288. The number of nitrogens with one attached hydrogen (secondary N) is 1. The third kappa shape index (κ3) is 4.12. The quantitative estimate of drug-likeness (QED) is 0.839. The maximum atomic E-state index is 12.4. The molecule has 1 amide bonds. The van der Waals surface area contributed by atoms with Crippen LogP contribution in [0.15, 0.2) is 29.4 Å². The average molecular weight is 372 g/mol. The maximum absolute atomic E-state index is 12.4. The molecular weight excluding hydrogens is 346 g/mol. The lowest BCUT2D eigenvalue weighted by atomic mass is 9.90. The normalized spacial score (nSPS) is 19.2. The van der Waals surface area contributed by atoms with Gasteiger partial charge in [-0.3, -0.25) is 4.79 Å². The first-order chi connectivity index (χ1) is 12.5. The molecule has 6 heteroatoms. The van der Waals surface area contributed by atoms with Crippen molar-refractivity contribution in [3.8, 4) is 0 Å². The number of hydrogen-bond donors (Lipinski definition) is 1. The SMILES string of the molecule is CCC1C(CNC(=O)c2sc(C)nc2C)=NOC1Cc1cccc(C)c1. The Morgan fingerprint density at radius 3 is 2.77 bits per heavy atom. The number of benzene rings is 1. The number of carbonyl (C=O) groups excluding carboxylic acids is 1. The standard InChI is InChI=1S/C20H25N3O2S/c1-5-16-17(11-21-20(24)19-13(3)22-14(4)26-19)23-25-18(16)10-15-8-6-7-12(2)9-15/h6-9,16,18H,5,10-11H2,1-4H3,(H,21,24). The molecule has 0 spiro atoms. The van der Waals surface area contributed by atoms with E-state index < -0.39 is 0 Å². The summed E-state index contributed by atoms with van der Waals surface area (Å²) in [4.78, 5) is 23.1. The Morgan fingerprint density at radius 2 is 2.12 bits per heavy atom. The highest BCUT2D eigenvalue weighted by molar-refractivity contribution is 7.13. The summed E-state index contributed by atoms with van der Waals surface area (Å²) in [6.45, 7) is 8.42. The summed E-state index contributed by atoms with van der Waals surface area (Å²) >= 11 is 1.42. The number of carbonyl (C=O) groups is 1. The van der Waals surface area contributed by atoms with E-state index in [1.807, 2.05) is 13.8 Å². The Kier molecular flexibility index (Phi) is 5.71. The third-order valence-electron chi connectivity index (χ3n) is 4.68. The molecule has 138 valence electrons. The van der Waals surface area contributed by atoms with Crippen molar-refractivity contribution in [2.75, 3.05) is 6.54 Å². The van der Waals surface area contributed by atoms with Gasteiger partial charge in [-0.2, -0.15) is 0 Å². The fourth-order valence-corrected chi connectivity index (χ4v) is 4.23. The Bertz CT molecular complexity index is 828. The second-order valence-electron chi connectivity index (χ2n) is 6.76. The van der Waals surface area contributed by atoms with Crippen molar-refractivity contribution in [2.45, 2.75) is 46.6 Å². The lowest BCUT2D eigenvalue weighted by Crippen LogP contribution is -2.34. The lowest BCUT2D eigenvalue weighted by Gasteiger charge is -2.17. The van der Waals surface area contributed by atoms with Crippen LogP contribution in [0.25, 0.3) is 0 Å². The van der Waals surface area contributed by atoms with Gasteiger partial charge in [0.15, 0.2) is 0 Å². The number of amides is 1. The van der Waals surface area contributed by atoms with Crippen LogP contribution in [0.1, 0.15) is 44.8 Å². The van der Waals surface area contributed by atoms with Crippen LogP contribution in [0.4, 0.5) is 0 Å². The first-order valence-electron chi connectivity index (χ1n) is 8.98. The van der Waals surface area contributed by atoms with Crippen molar-refractivity contribution in [1.82, 2.24) is 10.3 Å². The van der Waals surface area contributed by atoms with Crippen molar-refractivity contribution >= 4 is 23.0 Å². The summed E-state index contributed by atoms with van der Waals surface area (Å²) in [5.41, 5.74) is 4.19. The van der Waals surface area contributed by atoms with Gasteiger partial charge in [0.1, 0.15) is 11.0 Å². The number of thiazole rings is 1. The highest BCUT2D eigenvalue weighted by Crippen LogP contribution is 2.25. The molecular formula is C20H25N3O2S. The molecule has 1 N–H and O–H groups in total. The van der Waals surface area contributed by atoms with Crippen molar-refractivity contribution in [1.29, 1.82) is 0 Å². The van der Waals surface area contributed by atoms with Gasteiger partial charge in [0.05, 0.1) is 23.0 Å². The van der Waals surface area contributed by atoms with Gasteiger partial charge in [0.25, 0.3) is 5.91 Å². The summed E-state index contributed by atoms with van der Waals surface area (Å²) in [7, 11) is 0. The summed E-state index contributed by atoms with van der Waals surface area (Å²) in [6, 6.07) is 8.47. The molecule has 1 aliphatic heterocycles. The molecule has 2 atom stereocenters. The second-order valence-corrected chi connectivity index (χ2v) is 7.97. The van der Waals surface area contributed by atoms with Crippen molar-refractivity contribution in [2.24, 2.45) is 11.1 Å². The zero-order valence-electron chi connectivity index (χ0n) is 15.7. The molecule has 0 saturated heterocycles. The smallest absolute Gasteiger partial charge is 0.263 e. The molecule has 1 aromatic heterocycles. The molecule has 1 aromatic carbocycles. The van der Waals surface area contributed by atoms with Crippen LogP contribution in [0.5, 0.6) is 0 Å². The van der Waals surface area contributed by atoms with Gasteiger partial charge in [0, 0.05) is 12.3 Å². The molecule has 5 nitrogen and oxygen atoms in total. The Morgan fingerprint density at radius 1 is 1.31 bits per heavy atom. The van der Waals surface area contributed by atoms with E-state index in [0.717, 1.165) is 29.3 Å². The van der Waals surface area contributed by atoms with Gasteiger partial charge in [-0.1, -0.05) is 41.9 Å². The minimum Gasteiger partial charge on any atom is -0.391 e. The second kappa shape index (κ2) is 7.99. The molecule has 1 aliphatic rings. The summed E-state index contributed by atoms with van der Waals surface area (Å²) in [5.74, 6) is 0.132. The lowest BCUT2D eigenvalue weighted by molar-refractivity contribution is 0.0614. The number of aromatic nitrogens is 1. The molecule has 0 aliphatic carbocycles. The van der Waals surface area contributed by atoms with Gasteiger partial charge in [0.2, 0.25) is 0 Å². The van der Waals surface area contributed by atoms with Crippen LogP contribution in [0, 0.1) is 26.7 Å². The zero-order valence-corrected chi connectivity index (χ0v) is 16.5. The van der Waals surface area contributed by atoms with Gasteiger partial charge >= 0.3 is 0 Å². The molecule has 0 radical (unpaired) electrons. The van der Waals surface area contributed by atoms with E-state index in [1.54, 1.807) is 0 Å². The molecule has 2 aromatic rings. The van der Waals surface area contributed by atoms with E-state index in [4.69, 9.17) is 4.84 Å². The van der Waals surface area contributed by atoms with E-state index in [1.165, 1.54) is 22.5 Å². The third-order valence-corrected chi connectivity index (χ3v) is 5.75. The summed E-state index contributed by atoms with van der Waals surface area (Å²) < 4.78 is 0. The van der Waals surface area contributed by atoms with Crippen LogP contribution in [0.2, 0.25) is 0 Å².